The highest BCUT2D eigenvalue weighted by Crippen LogP contribution is 2.29. The van der Waals surface area contributed by atoms with E-state index in [1.807, 2.05) is 24.3 Å². The highest BCUT2D eigenvalue weighted by molar-refractivity contribution is 5.71. The molecule has 6 heteroatoms. The maximum Gasteiger partial charge on any atom is 0.307 e. The number of benzene rings is 3. The SMILES string of the molecule is CCCC(N)c1cccc(-c2cc(COc3ccccc3CC(=O)O)cc(NCCOC)c2)c1. The van der Waals surface area contributed by atoms with Gasteiger partial charge in [-0.1, -0.05) is 49.7 Å². The number of anilines is 1. The molecule has 0 aliphatic rings. The Morgan fingerprint density at radius 3 is 2.65 bits per heavy atom. The standard InChI is InChI=1S/C28H34N2O4/c1-3-7-26(29)22-10-6-9-21(16-22)24-14-20(15-25(17-24)30-12-13-33-2)19-34-27-11-5-4-8-23(27)18-28(31)32/h4-6,8-11,14-17,26,30H,3,7,12-13,18-19,29H2,1-2H3,(H,31,32). The molecule has 0 radical (unpaired) electrons. The number of hydrogen-bond acceptors (Lipinski definition) is 5. The van der Waals surface area contributed by atoms with Gasteiger partial charge in [0.2, 0.25) is 0 Å². The number of carboxylic acids is 1. The second-order valence-corrected chi connectivity index (χ2v) is 8.33. The molecule has 0 spiro atoms. The molecule has 0 saturated carbocycles. The number of aliphatic carboxylic acids is 1. The number of methoxy groups -OCH3 is 1. The molecule has 34 heavy (non-hydrogen) atoms. The summed E-state index contributed by atoms with van der Waals surface area (Å²) in [6.45, 7) is 3.74. The minimum absolute atomic E-state index is 0.0153. The molecule has 3 aromatic carbocycles. The number of carbonyl (C=O) groups is 1. The van der Waals surface area contributed by atoms with E-state index in [1.54, 1.807) is 19.2 Å². The number of nitrogens with two attached hydrogens (primary N) is 1. The number of hydrogen-bond donors (Lipinski definition) is 3. The molecular formula is C28H34N2O4. The van der Waals surface area contributed by atoms with Gasteiger partial charge in [0, 0.05) is 30.9 Å². The molecule has 0 amide bonds. The van der Waals surface area contributed by atoms with Gasteiger partial charge in [0.25, 0.3) is 0 Å². The number of para-hydroxylation sites is 1. The molecule has 0 aromatic heterocycles. The molecule has 1 atom stereocenters. The van der Waals surface area contributed by atoms with Gasteiger partial charge >= 0.3 is 5.97 Å². The van der Waals surface area contributed by atoms with Crippen LogP contribution in [0.2, 0.25) is 0 Å². The van der Waals surface area contributed by atoms with Gasteiger partial charge in [-0.2, -0.15) is 0 Å². The third kappa shape index (κ3) is 7.33. The highest BCUT2D eigenvalue weighted by Gasteiger charge is 2.11. The molecule has 0 aliphatic heterocycles. The fourth-order valence-corrected chi connectivity index (χ4v) is 3.88. The quantitative estimate of drug-likeness (QED) is 0.294. The van der Waals surface area contributed by atoms with E-state index in [9.17, 15) is 9.90 Å². The average molecular weight is 463 g/mol. The lowest BCUT2D eigenvalue weighted by Gasteiger charge is -2.16. The van der Waals surface area contributed by atoms with Crippen LogP contribution in [0.25, 0.3) is 11.1 Å². The predicted octanol–water partition coefficient (Wildman–Crippen LogP) is 5.42. The number of rotatable bonds is 13. The molecular weight excluding hydrogens is 428 g/mol. The normalized spacial score (nSPS) is 11.7. The summed E-state index contributed by atoms with van der Waals surface area (Å²) in [5.74, 6) is -0.305. The zero-order chi connectivity index (χ0) is 24.3. The first kappa shape index (κ1) is 25.3. The van der Waals surface area contributed by atoms with E-state index in [0.717, 1.165) is 40.8 Å². The fraction of sp³-hybridized carbons (Fsp3) is 0.321. The summed E-state index contributed by atoms with van der Waals surface area (Å²) < 4.78 is 11.2. The lowest BCUT2D eigenvalue weighted by atomic mass is 9.96. The van der Waals surface area contributed by atoms with Crippen LogP contribution in [0.15, 0.2) is 66.7 Å². The van der Waals surface area contributed by atoms with Gasteiger partial charge in [0.1, 0.15) is 12.4 Å². The van der Waals surface area contributed by atoms with Crippen LogP contribution in [0.5, 0.6) is 5.75 Å². The van der Waals surface area contributed by atoms with Crippen molar-refractivity contribution in [3.05, 3.63) is 83.4 Å². The summed E-state index contributed by atoms with van der Waals surface area (Å²) in [5.41, 5.74) is 12.2. The van der Waals surface area contributed by atoms with Crippen molar-refractivity contribution in [3.63, 3.8) is 0 Å². The van der Waals surface area contributed by atoms with Gasteiger partial charge in [-0.3, -0.25) is 4.79 Å². The van der Waals surface area contributed by atoms with Crippen molar-refractivity contribution in [2.75, 3.05) is 25.6 Å². The Bertz CT molecular complexity index is 1080. The Morgan fingerprint density at radius 1 is 1.06 bits per heavy atom. The third-order valence-corrected chi connectivity index (χ3v) is 5.58. The maximum absolute atomic E-state index is 11.2. The van der Waals surface area contributed by atoms with E-state index in [0.29, 0.717) is 31.1 Å². The van der Waals surface area contributed by atoms with Crippen LogP contribution in [-0.4, -0.2) is 31.3 Å². The number of carboxylic acid groups (broad SMARTS) is 1. The van der Waals surface area contributed by atoms with Crippen molar-refractivity contribution in [1.82, 2.24) is 0 Å². The van der Waals surface area contributed by atoms with Gasteiger partial charge in [-0.05, 0) is 59.0 Å². The summed E-state index contributed by atoms with van der Waals surface area (Å²) in [6.07, 6.45) is 1.90. The minimum atomic E-state index is -0.885. The van der Waals surface area contributed by atoms with Gasteiger partial charge in [0.15, 0.2) is 0 Å². The van der Waals surface area contributed by atoms with Gasteiger partial charge in [-0.25, -0.2) is 0 Å². The Kier molecular flexibility index (Phi) is 9.50. The van der Waals surface area contributed by atoms with Crippen LogP contribution in [-0.2, 0) is 22.6 Å². The summed E-state index contributed by atoms with van der Waals surface area (Å²) in [7, 11) is 1.68. The van der Waals surface area contributed by atoms with Crippen molar-refractivity contribution < 1.29 is 19.4 Å². The molecule has 6 nitrogen and oxygen atoms in total. The zero-order valence-electron chi connectivity index (χ0n) is 19.9. The first-order valence-corrected chi connectivity index (χ1v) is 11.6. The van der Waals surface area contributed by atoms with Gasteiger partial charge < -0.3 is 25.6 Å². The first-order chi connectivity index (χ1) is 16.5. The van der Waals surface area contributed by atoms with Crippen LogP contribution < -0.4 is 15.8 Å². The number of nitrogens with one attached hydrogen (secondary N) is 1. The van der Waals surface area contributed by atoms with Crippen molar-refractivity contribution in [3.8, 4) is 16.9 Å². The largest absolute Gasteiger partial charge is 0.489 e. The third-order valence-electron chi connectivity index (χ3n) is 5.58. The second kappa shape index (κ2) is 12.8. The second-order valence-electron chi connectivity index (χ2n) is 8.33. The smallest absolute Gasteiger partial charge is 0.307 e. The van der Waals surface area contributed by atoms with E-state index >= 15 is 0 Å². The Hall–Kier alpha value is -3.35. The molecule has 0 aliphatic carbocycles. The summed E-state index contributed by atoms with van der Waals surface area (Å²) >= 11 is 0. The molecule has 0 fully saturated rings. The predicted molar refractivity (Wildman–Crippen MR) is 136 cm³/mol. The Morgan fingerprint density at radius 2 is 1.88 bits per heavy atom. The molecule has 3 aromatic rings. The fourth-order valence-electron chi connectivity index (χ4n) is 3.88. The Labute approximate surface area is 201 Å². The molecule has 1 unspecified atom stereocenters. The monoisotopic (exact) mass is 462 g/mol. The van der Waals surface area contributed by atoms with Gasteiger partial charge in [-0.15, -0.1) is 0 Å². The molecule has 3 rings (SSSR count). The van der Waals surface area contributed by atoms with Crippen LogP contribution in [0, 0.1) is 0 Å². The van der Waals surface area contributed by atoms with Crippen molar-refractivity contribution in [2.45, 2.75) is 38.8 Å². The van der Waals surface area contributed by atoms with Crippen LogP contribution in [0.3, 0.4) is 0 Å². The Balaban J connectivity index is 1.88. The van der Waals surface area contributed by atoms with Crippen LogP contribution in [0.4, 0.5) is 5.69 Å². The topological polar surface area (TPSA) is 93.8 Å². The average Bonchev–Trinajstić information content (AvgIpc) is 2.83. The van der Waals surface area contributed by atoms with E-state index < -0.39 is 5.97 Å². The number of ether oxygens (including phenoxy) is 2. The molecule has 180 valence electrons. The van der Waals surface area contributed by atoms with Crippen molar-refractivity contribution in [1.29, 1.82) is 0 Å². The summed E-state index contributed by atoms with van der Waals surface area (Å²) in [5, 5.41) is 12.6. The van der Waals surface area contributed by atoms with E-state index in [4.69, 9.17) is 15.2 Å². The molecule has 4 N–H and O–H groups in total. The molecule has 0 saturated heterocycles. The minimum Gasteiger partial charge on any atom is -0.489 e. The van der Waals surface area contributed by atoms with Crippen molar-refractivity contribution >= 4 is 11.7 Å². The van der Waals surface area contributed by atoms with Gasteiger partial charge in [0.05, 0.1) is 13.0 Å². The van der Waals surface area contributed by atoms with Crippen LogP contribution in [0.1, 0.15) is 42.5 Å². The summed E-state index contributed by atoms with van der Waals surface area (Å²) in [6, 6.07) is 21.9. The van der Waals surface area contributed by atoms with Crippen molar-refractivity contribution in [2.24, 2.45) is 5.73 Å². The molecule has 0 heterocycles. The lowest BCUT2D eigenvalue weighted by molar-refractivity contribution is -0.136. The first-order valence-electron chi connectivity index (χ1n) is 11.6. The highest BCUT2D eigenvalue weighted by atomic mass is 16.5. The summed E-state index contributed by atoms with van der Waals surface area (Å²) in [4.78, 5) is 11.2. The van der Waals surface area contributed by atoms with E-state index in [1.165, 1.54) is 0 Å². The maximum atomic E-state index is 11.2. The van der Waals surface area contributed by atoms with E-state index in [2.05, 4.69) is 42.6 Å². The lowest BCUT2D eigenvalue weighted by Crippen LogP contribution is -2.10. The molecule has 0 bridgehead atoms. The van der Waals surface area contributed by atoms with Crippen LogP contribution >= 0.6 is 0 Å². The van der Waals surface area contributed by atoms with E-state index in [-0.39, 0.29) is 12.5 Å². The zero-order valence-corrected chi connectivity index (χ0v) is 19.9.